The van der Waals surface area contributed by atoms with Gasteiger partial charge in [-0.25, -0.2) is 0 Å². The van der Waals surface area contributed by atoms with Crippen LogP contribution in [0.5, 0.6) is 5.75 Å². The fourth-order valence-corrected chi connectivity index (χ4v) is 4.74. The summed E-state index contributed by atoms with van der Waals surface area (Å²) in [4.78, 5) is 39.7. The van der Waals surface area contributed by atoms with Gasteiger partial charge in [-0.05, 0) is 61.7 Å². The number of rotatable bonds is 5. The van der Waals surface area contributed by atoms with Crippen LogP contribution in [0.2, 0.25) is 0 Å². The molecule has 1 atom stereocenters. The van der Waals surface area contributed by atoms with E-state index in [1.165, 1.54) is 16.2 Å². The number of benzene rings is 2. The van der Waals surface area contributed by atoms with E-state index in [9.17, 15) is 14.4 Å². The maximum atomic E-state index is 13.7. The second-order valence-electron chi connectivity index (χ2n) is 8.11. The van der Waals surface area contributed by atoms with Gasteiger partial charge in [0.15, 0.2) is 12.0 Å². The topological polar surface area (TPSA) is 129 Å². The first-order chi connectivity index (χ1) is 16.2. The number of aromatic nitrogens is 2. The number of nitrogens with two attached hydrogens (primary N) is 1. The highest BCUT2D eigenvalue weighted by Gasteiger charge is 2.45. The first-order valence-corrected chi connectivity index (χ1v) is 11.3. The first kappa shape index (κ1) is 21.8. The van der Waals surface area contributed by atoms with Crippen LogP contribution in [0, 0.1) is 20.8 Å². The van der Waals surface area contributed by atoms with Crippen LogP contribution in [0.4, 0.5) is 5.13 Å². The molecule has 9 nitrogen and oxygen atoms in total. The lowest BCUT2D eigenvalue weighted by atomic mass is 9.97. The number of primary amides is 1. The second-order valence-corrected chi connectivity index (χ2v) is 9.27. The van der Waals surface area contributed by atoms with Crippen LogP contribution in [-0.2, 0) is 4.79 Å². The van der Waals surface area contributed by atoms with Gasteiger partial charge in [0.2, 0.25) is 10.9 Å². The fraction of sp³-hybridized carbons (Fsp3) is 0.208. The van der Waals surface area contributed by atoms with Crippen molar-refractivity contribution in [3.8, 4) is 5.75 Å². The van der Waals surface area contributed by atoms with Crippen molar-refractivity contribution >= 4 is 39.3 Å². The highest BCUT2D eigenvalue weighted by atomic mass is 32.1. The molecular weight excluding hydrogens is 456 g/mol. The Morgan fingerprint density at radius 3 is 2.47 bits per heavy atom. The summed E-state index contributed by atoms with van der Waals surface area (Å²) in [7, 11) is 0. The molecule has 2 N–H and O–H groups in total. The second kappa shape index (κ2) is 8.07. The van der Waals surface area contributed by atoms with Gasteiger partial charge in [-0.15, -0.1) is 10.2 Å². The normalized spacial score (nSPS) is 15.1. The van der Waals surface area contributed by atoms with Crippen molar-refractivity contribution in [2.45, 2.75) is 26.8 Å². The van der Waals surface area contributed by atoms with Crippen LogP contribution >= 0.6 is 11.3 Å². The maximum absolute atomic E-state index is 13.7. The molecule has 1 unspecified atom stereocenters. The zero-order valence-corrected chi connectivity index (χ0v) is 19.4. The van der Waals surface area contributed by atoms with Crippen molar-refractivity contribution in [1.29, 1.82) is 0 Å². The van der Waals surface area contributed by atoms with Gasteiger partial charge in [-0.1, -0.05) is 23.5 Å². The smallest absolute Gasteiger partial charge is 0.297 e. The van der Waals surface area contributed by atoms with E-state index in [2.05, 4.69) is 10.2 Å². The Hall–Kier alpha value is -4.05. The van der Waals surface area contributed by atoms with Gasteiger partial charge in [0, 0.05) is 0 Å². The van der Waals surface area contributed by atoms with Crippen molar-refractivity contribution < 1.29 is 18.7 Å². The first-order valence-electron chi connectivity index (χ1n) is 10.5. The van der Waals surface area contributed by atoms with Gasteiger partial charge in [0.25, 0.3) is 11.8 Å². The van der Waals surface area contributed by atoms with Crippen LogP contribution in [-0.4, -0.2) is 28.6 Å². The Labute approximate surface area is 197 Å². The molecule has 5 rings (SSSR count). The molecule has 34 heavy (non-hydrogen) atoms. The Morgan fingerprint density at radius 1 is 1.12 bits per heavy atom. The van der Waals surface area contributed by atoms with E-state index in [1.807, 2.05) is 13.8 Å². The molecular formula is C24H20N4O5S. The van der Waals surface area contributed by atoms with E-state index in [1.54, 1.807) is 43.3 Å². The van der Waals surface area contributed by atoms with Gasteiger partial charge >= 0.3 is 0 Å². The van der Waals surface area contributed by atoms with E-state index in [-0.39, 0.29) is 23.4 Å². The summed E-state index contributed by atoms with van der Waals surface area (Å²) in [5.74, 6) is -0.621. The average molecular weight is 477 g/mol. The molecule has 2 aromatic heterocycles. The Balaban J connectivity index is 1.70. The van der Waals surface area contributed by atoms with E-state index >= 15 is 0 Å². The monoisotopic (exact) mass is 476 g/mol. The van der Waals surface area contributed by atoms with E-state index in [0.717, 1.165) is 11.1 Å². The van der Waals surface area contributed by atoms with Gasteiger partial charge in [0.05, 0.1) is 17.0 Å². The molecule has 1 aliphatic rings. The third-order valence-electron chi connectivity index (χ3n) is 5.78. The molecule has 1 aliphatic heterocycles. The number of amides is 2. The molecule has 0 saturated heterocycles. The quantitative estimate of drug-likeness (QED) is 0.468. The Bertz CT molecular complexity index is 1520. The molecule has 0 fully saturated rings. The highest BCUT2D eigenvalue weighted by molar-refractivity contribution is 7.15. The molecule has 0 radical (unpaired) electrons. The molecule has 2 aromatic carbocycles. The fourth-order valence-electron chi connectivity index (χ4n) is 4.03. The molecule has 2 amide bonds. The number of fused-ring (bicyclic) bond motifs is 2. The van der Waals surface area contributed by atoms with E-state index in [0.29, 0.717) is 32.4 Å². The maximum Gasteiger partial charge on any atom is 0.297 e. The number of hydrogen-bond acceptors (Lipinski definition) is 8. The number of carbonyl (C=O) groups is 2. The molecule has 4 aromatic rings. The lowest BCUT2D eigenvalue weighted by Gasteiger charge is -2.22. The zero-order valence-electron chi connectivity index (χ0n) is 18.6. The molecule has 0 bridgehead atoms. The van der Waals surface area contributed by atoms with Gasteiger partial charge in [-0.2, -0.15) is 0 Å². The number of carbonyl (C=O) groups excluding carboxylic acids is 2. The predicted octanol–water partition coefficient (Wildman–Crippen LogP) is 3.18. The summed E-state index contributed by atoms with van der Waals surface area (Å²) in [6, 6.07) is 9.57. The minimum Gasteiger partial charge on any atom is -0.484 e. The van der Waals surface area contributed by atoms with E-state index in [4.69, 9.17) is 14.9 Å². The number of nitrogens with zero attached hydrogens (tertiary/aromatic N) is 3. The van der Waals surface area contributed by atoms with Crippen LogP contribution in [0.3, 0.4) is 0 Å². The molecule has 0 aliphatic carbocycles. The van der Waals surface area contributed by atoms with Crippen molar-refractivity contribution in [2.75, 3.05) is 11.5 Å². The third kappa shape index (κ3) is 3.52. The lowest BCUT2D eigenvalue weighted by molar-refractivity contribution is -0.119. The van der Waals surface area contributed by atoms with Crippen molar-refractivity contribution in [2.24, 2.45) is 5.73 Å². The molecule has 3 heterocycles. The van der Waals surface area contributed by atoms with Crippen LogP contribution in [0.1, 0.15) is 43.9 Å². The average Bonchev–Trinajstić information content (AvgIpc) is 3.35. The summed E-state index contributed by atoms with van der Waals surface area (Å²) in [6.45, 7) is 5.38. The summed E-state index contributed by atoms with van der Waals surface area (Å²) < 4.78 is 11.4. The summed E-state index contributed by atoms with van der Waals surface area (Å²) >= 11 is 1.25. The van der Waals surface area contributed by atoms with Crippen LogP contribution in [0.15, 0.2) is 45.6 Å². The van der Waals surface area contributed by atoms with Crippen molar-refractivity contribution in [3.63, 3.8) is 0 Å². The minimum atomic E-state index is -0.762. The lowest BCUT2D eigenvalue weighted by Crippen LogP contribution is -2.29. The zero-order chi connectivity index (χ0) is 24.1. The molecule has 0 saturated carbocycles. The van der Waals surface area contributed by atoms with Gasteiger partial charge in [0.1, 0.15) is 16.3 Å². The largest absolute Gasteiger partial charge is 0.484 e. The Morgan fingerprint density at radius 2 is 1.82 bits per heavy atom. The summed E-state index contributed by atoms with van der Waals surface area (Å²) in [6.07, 6.45) is 0. The number of anilines is 1. The third-order valence-corrected chi connectivity index (χ3v) is 6.62. The van der Waals surface area contributed by atoms with E-state index < -0.39 is 17.9 Å². The summed E-state index contributed by atoms with van der Waals surface area (Å²) in [5, 5.41) is 9.66. The van der Waals surface area contributed by atoms with Gasteiger partial charge < -0.3 is 14.9 Å². The van der Waals surface area contributed by atoms with Crippen molar-refractivity contribution in [3.05, 3.63) is 79.6 Å². The number of hydrogen-bond donors (Lipinski definition) is 1. The SMILES string of the molecule is Cc1nnc(N2C(=O)c3oc4cc(C)c(C)cc4c(=O)c3C2c2ccc(OCC(N)=O)cc2)s1. The summed E-state index contributed by atoms with van der Waals surface area (Å²) in [5.41, 5.74) is 8.05. The minimum absolute atomic E-state index is 0.00680. The number of ether oxygens (including phenoxy) is 1. The predicted molar refractivity (Wildman–Crippen MR) is 126 cm³/mol. The molecule has 10 heteroatoms. The molecule has 172 valence electrons. The number of aryl methyl sites for hydroxylation is 3. The standard InChI is InChI=1S/C24H20N4O5S/c1-11-8-16-17(9-12(11)2)33-22-19(21(16)30)20(28(23(22)31)24-27-26-13(3)34-24)14-4-6-15(7-5-14)32-10-18(25)29/h4-9,20H,10H2,1-3H3,(H2,25,29). The van der Waals surface area contributed by atoms with Crippen LogP contribution in [0.25, 0.3) is 11.0 Å². The van der Waals surface area contributed by atoms with Crippen LogP contribution < -0.4 is 20.8 Å². The van der Waals surface area contributed by atoms with Gasteiger partial charge in [-0.3, -0.25) is 19.3 Å². The van der Waals surface area contributed by atoms with Crippen molar-refractivity contribution in [1.82, 2.24) is 10.2 Å². The molecule has 0 spiro atoms. The highest BCUT2D eigenvalue weighted by Crippen LogP contribution is 2.42. The Kier molecular flexibility index (Phi) is 5.17.